The Morgan fingerprint density at radius 3 is 2.10 bits per heavy atom. The maximum atomic E-state index is 12.3. The number of piperidine rings is 1. The molecule has 2 amide bonds. The van der Waals surface area contributed by atoms with Gasteiger partial charge in [0.2, 0.25) is 0 Å². The van der Waals surface area contributed by atoms with Crippen LogP contribution in [0.5, 0.6) is 17.2 Å². The lowest BCUT2D eigenvalue weighted by atomic mass is 9.97. The van der Waals surface area contributed by atoms with Crippen molar-refractivity contribution in [1.82, 2.24) is 10.2 Å². The van der Waals surface area contributed by atoms with Crippen LogP contribution in [0.15, 0.2) is 54.6 Å². The van der Waals surface area contributed by atoms with Crippen LogP contribution in [-0.4, -0.2) is 56.2 Å². The monoisotopic (exact) mass is 426 g/mol. The normalized spacial score (nSPS) is 14.0. The van der Waals surface area contributed by atoms with E-state index in [-0.39, 0.29) is 25.0 Å². The topological polar surface area (TPSA) is 77.1 Å². The molecule has 1 heterocycles. The minimum Gasteiger partial charge on any atom is -0.494 e. The molecule has 7 heteroatoms. The SMILES string of the molecule is CCOc1ccc(OCC(=O)NCC2CCN(C(=O)COc3ccccc3)CC2)cc1. The molecule has 3 rings (SSSR count). The largest absolute Gasteiger partial charge is 0.494 e. The zero-order valence-electron chi connectivity index (χ0n) is 17.9. The smallest absolute Gasteiger partial charge is 0.260 e. The number of hydrogen-bond donors (Lipinski definition) is 1. The average molecular weight is 427 g/mol. The van der Waals surface area contributed by atoms with Crippen LogP contribution in [0.4, 0.5) is 0 Å². The number of para-hydroxylation sites is 1. The van der Waals surface area contributed by atoms with Crippen LogP contribution in [0, 0.1) is 5.92 Å². The molecule has 1 saturated heterocycles. The number of carbonyl (C=O) groups is 2. The molecule has 1 aliphatic rings. The molecule has 31 heavy (non-hydrogen) atoms. The minimum atomic E-state index is -0.149. The number of likely N-dealkylation sites (tertiary alicyclic amines) is 1. The van der Waals surface area contributed by atoms with Gasteiger partial charge < -0.3 is 24.4 Å². The molecular formula is C24H30N2O5. The maximum Gasteiger partial charge on any atom is 0.260 e. The number of hydrogen-bond acceptors (Lipinski definition) is 5. The van der Waals surface area contributed by atoms with Gasteiger partial charge in [0.05, 0.1) is 6.61 Å². The molecule has 0 spiro atoms. The van der Waals surface area contributed by atoms with Crippen molar-refractivity contribution in [3.63, 3.8) is 0 Å². The molecule has 1 aliphatic heterocycles. The first-order chi connectivity index (χ1) is 15.1. The Kier molecular flexibility index (Phi) is 8.58. The third-order valence-corrected chi connectivity index (χ3v) is 5.17. The van der Waals surface area contributed by atoms with E-state index in [9.17, 15) is 9.59 Å². The molecule has 0 aromatic heterocycles. The number of nitrogens with zero attached hydrogens (tertiary/aromatic N) is 1. The second kappa shape index (κ2) is 11.8. The van der Waals surface area contributed by atoms with E-state index in [1.165, 1.54) is 0 Å². The van der Waals surface area contributed by atoms with Gasteiger partial charge in [0.15, 0.2) is 13.2 Å². The Hall–Kier alpha value is -3.22. The highest BCUT2D eigenvalue weighted by Crippen LogP contribution is 2.18. The van der Waals surface area contributed by atoms with Gasteiger partial charge in [-0.2, -0.15) is 0 Å². The highest BCUT2D eigenvalue weighted by Gasteiger charge is 2.23. The molecule has 7 nitrogen and oxygen atoms in total. The van der Waals surface area contributed by atoms with Gasteiger partial charge >= 0.3 is 0 Å². The predicted molar refractivity (Wildman–Crippen MR) is 117 cm³/mol. The quantitative estimate of drug-likeness (QED) is 0.632. The molecular weight excluding hydrogens is 396 g/mol. The van der Waals surface area contributed by atoms with Crippen molar-refractivity contribution >= 4 is 11.8 Å². The standard InChI is InChI=1S/C24H30N2O5/c1-2-29-21-8-10-22(11-9-21)30-17-23(27)25-16-19-12-14-26(15-13-19)24(28)18-31-20-6-4-3-5-7-20/h3-11,19H,2,12-18H2,1H3,(H,25,27). The zero-order valence-corrected chi connectivity index (χ0v) is 17.9. The molecule has 0 aliphatic carbocycles. The fraction of sp³-hybridized carbons (Fsp3) is 0.417. The first-order valence-corrected chi connectivity index (χ1v) is 10.7. The fourth-order valence-corrected chi connectivity index (χ4v) is 3.40. The fourth-order valence-electron chi connectivity index (χ4n) is 3.40. The van der Waals surface area contributed by atoms with E-state index in [1.54, 1.807) is 12.1 Å². The number of nitrogens with one attached hydrogen (secondary N) is 1. The number of carbonyl (C=O) groups excluding carboxylic acids is 2. The van der Waals surface area contributed by atoms with Crippen LogP contribution in [0.1, 0.15) is 19.8 Å². The summed E-state index contributed by atoms with van der Waals surface area (Å²) in [6.07, 6.45) is 1.72. The number of ether oxygens (including phenoxy) is 3. The summed E-state index contributed by atoms with van der Waals surface area (Å²) in [5.74, 6) is 2.30. The predicted octanol–water partition coefficient (Wildman–Crippen LogP) is 2.90. The van der Waals surface area contributed by atoms with Crippen molar-refractivity contribution in [2.24, 2.45) is 5.92 Å². The van der Waals surface area contributed by atoms with E-state index < -0.39 is 0 Å². The first kappa shape index (κ1) is 22.5. The van der Waals surface area contributed by atoms with Crippen molar-refractivity contribution in [2.45, 2.75) is 19.8 Å². The van der Waals surface area contributed by atoms with Crippen LogP contribution in [-0.2, 0) is 9.59 Å². The third kappa shape index (κ3) is 7.51. The van der Waals surface area contributed by atoms with Gasteiger partial charge in [-0.1, -0.05) is 18.2 Å². The first-order valence-electron chi connectivity index (χ1n) is 10.7. The maximum absolute atomic E-state index is 12.3. The van der Waals surface area contributed by atoms with Crippen molar-refractivity contribution in [1.29, 1.82) is 0 Å². The summed E-state index contributed by atoms with van der Waals surface area (Å²) in [5.41, 5.74) is 0. The molecule has 2 aromatic carbocycles. The number of amides is 2. The summed E-state index contributed by atoms with van der Waals surface area (Å²) in [7, 11) is 0. The zero-order chi connectivity index (χ0) is 21.9. The van der Waals surface area contributed by atoms with Gasteiger partial charge in [-0.25, -0.2) is 0 Å². The van der Waals surface area contributed by atoms with E-state index in [0.29, 0.717) is 43.7 Å². The van der Waals surface area contributed by atoms with Crippen LogP contribution < -0.4 is 19.5 Å². The Labute approximate surface area is 183 Å². The summed E-state index contributed by atoms with van der Waals surface area (Å²) < 4.78 is 16.4. The number of benzene rings is 2. The summed E-state index contributed by atoms with van der Waals surface area (Å²) in [4.78, 5) is 26.2. The summed E-state index contributed by atoms with van der Waals surface area (Å²) in [6.45, 7) is 4.51. The second-order valence-corrected chi connectivity index (χ2v) is 7.42. The Morgan fingerprint density at radius 1 is 0.871 bits per heavy atom. The van der Waals surface area contributed by atoms with Gasteiger partial charge in [0.1, 0.15) is 17.2 Å². The van der Waals surface area contributed by atoms with Crippen LogP contribution in [0.3, 0.4) is 0 Å². The Balaban J connectivity index is 1.29. The van der Waals surface area contributed by atoms with Crippen molar-refractivity contribution < 1.29 is 23.8 Å². The van der Waals surface area contributed by atoms with Crippen LogP contribution in [0.25, 0.3) is 0 Å². The minimum absolute atomic E-state index is 0.00454. The van der Waals surface area contributed by atoms with E-state index in [0.717, 1.165) is 18.6 Å². The molecule has 0 unspecified atom stereocenters. The molecule has 1 N–H and O–H groups in total. The molecule has 0 radical (unpaired) electrons. The van der Waals surface area contributed by atoms with Gasteiger partial charge in [0, 0.05) is 19.6 Å². The lowest BCUT2D eigenvalue weighted by molar-refractivity contribution is -0.135. The highest BCUT2D eigenvalue weighted by atomic mass is 16.5. The van der Waals surface area contributed by atoms with Crippen molar-refractivity contribution in [2.75, 3.05) is 39.5 Å². The van der Waals surface area contributed by atoms with Crippen LogP contribution >= 0.6 is 0 Å². The summed E-state index contributed by atoms with van der Waals surface area (Å²) in [5, 5.41) is 2.93. The molecule has 0 bridgehead atoms. The lowest BCUT2D eigenvalue weighted by Crippen LogP contribution is -2.43. The van der Waals surface area contributed by atoms with Gasteiger partial charge in [-0.3, -0.25) is 9.59 Å². The van der Waals surface area contributed by atoms with Gasteiger partial charge in [-0.15, -0.1) is 0 Å². The van der Waals surface area contributed by atoms with Crippen LogP contribution in [0.2, 0.25) is 0 Å². The Morgan fingerprint density at radius 2 is 1.45 bits per heavy atom. The lowest BCUT2D eigenvalue weighted by Gasteiger charge is -2.32. The Bertz CT molecular complexity index is 818. The summed E-state index contributed by atoms with van der Waals surface area (Å²) >= 11 is 0. The van der Waals surface area contributed by atoms with Gasteiger partial charge in [0.25, 0.3) is 11.8 Å². The highest BCUT2D eigenvalue weighted by molar-refractivity contribution is 5.78. The number of rotatable bonds is 10. The van der Waals surface area contributed by atoms with E-state index in [4.69, 9.17) is 14.2 Å². The average Bonchev–Trinajstić information content (AvgIpc) is 2.82. The molecule has 2 aromatic rings. The van der Waals surface area contributed by atoms with Gasteiger partial charge in [-0.05, 0) is 62.1 Å². The van der Waals surface area contributed by atoms with E-state index in [1.807, 2.05) is 54.3 Å². The molecule has 0 saturated carbocycles. The molecule has 1 fully saturated rings. The van der Waals surface area contributed by atoms with E-state index >= 15 is 0 Å². The van der Waals surface area contributed by atoms with Crippen molar-refractivity contribution in [3.8, 4) is 17.2 Å². The molecule has 166 valence electrons. The second-order valence-electron chi connectivity index (χ2n) is 7.42. The van der Waals surface area contributed by atoms with Crippen molar-refractivity contribution in [3.05, 3.63) is 54.6 Å². The summed E-state index contributed by atoms with van der Waals surface area (Å²) in [6, 6.07) is 16.5. The third-order valence-electron chi connectivity index (χ3n) is 5.17. The van der Waals surface area contributed by atoms with E-state index in [2.05, 4.69) is 5.32 Å². The molecule has 0 atom stereocenters.